The summed E-state index contributed by atoms with van der Waals surface area (Å²) < 4.78 is 89.9. The smallest absolute Gasteiger partial charge is 0.459 e. The number of nitrogens with one attached hydrogen (secondary N) is 1. The number of rotatable bonds is 18. The van der Waals surface area contributed by atoms with Crippen LogP contribution in [0.2, 0.25) is 0 Å². The lowest BCUT2D eigenvalue weighted by Gasteiger charge is -2.38. The van der Waals surface area contributed by atoms with Gasteiger partial charge in [0.1, 0.15) is 36.3 Å². The third-order valence-corrected chi connectivity index (χ3v) is 11.0. The van der Waals surface area contributed by atoms with E-state index in [4.69, 9.17) is 33.7 Å². The molecule has 0 bridgehead atoms. The van der Waals surface area contributed by atoms with Gasteiger partial charge >= 0.3 is 31.8 Å². The number of methoxy groups -OCH3 is 1. The molecule has 4 rings (SSSR count). The Balaban J connectivity index is 1.67. The number of carbonyl (C=O) groups is 3. The largest absolute Gasteiger partial charge is 0.464 e. The molecule has 20 heteroatoms. The maximum absolute atomic E-state index is 14.6. The summed E-state index contributed by atoms with van der Waals surface area (Å²) in [5, 5.41) is 17.6. The highest BCUT2D eigenvalue weighted by atomic mass is 31.2. The predicted octanol–water partition coefficient (Wildman–Crippen LogP) is 6.12. The van der Waals surface area contributed by atoms with Crippen molar-refractivity contribution in [1.82, 2.24) is 19.7 Å². The maximum atomic E-state index is 14.6. The van der Waals surface area contributed by atoms with Crippen molar-refractivity contribution in [2.45, 2.75) is 90.3 Å². The number of anilines is 1. The van der Waals surface area contributed by atoms with Crippen LogP contribution in [-0.4, -0.2) is 76.8 Å². The Morgan fingerprint density at radius 1 is 0.982 bits per heavy atom. The van der Waals surface area contributed by atoms with Gasteiger partial charge in [0.15, 0.2) is 18.0 Å². The second-order valence-corrected chi connectivity index (χ2v) is 16.0. The van der Waals surface area contributed by atoms with E-state index in [9.17, 15) is 37.4 Å². The number of alkyl halides is 3. The minimum Gasteiger partial charge on any atom is -0.464 e. The van der Waals surface area contributed by atoms with Crippen molar-refractivity contribution in [3.63, 3.8) is 0 Å². The number of hydrogen-bond donors (Lipinski definition) is 2. The average Bonchev–Trinajstić information content (AvgIpc) is 3.61. The van der Waals surface area contributed by atoms with Crippen LogP contribution in [0.5, 0.6) is 5.75 Å². The molecule has 5 atom stereocenters. The molecule has 3 N–H and O–H groups in total. The summed E-state index contributed by atoms with van der Waals surface area (Å²) in [6.45, 7) is 6.36. The summed E-state index contributed by atoms with van der Waals surface area (Å²) in [6, 6.07) is 11.3. The first-order chi connectivity index (χ1) is 26.8. The zero-order chi connectivity index (χ0) is 42.1. The van der Waals surface area contributed by atoms with Crippen molar-refractivity contribution in [1.29, 1.82) is 5.26 Å². The molecule has 2 heterocycles. The van der Waals surface area contributed by atoms with Gasteiger partial charge in [-0.05, 0) is 62.8 Å². The Bertz CT molecular complexity index is 1930. The third kappa shape index (κ3) is 11.4. The van der Waals surface area contributed by atoms with E-state index in [1.807, 2.05) is 6.07 Å². The zero-order valence-corrected chi connectivity index (χ0v) is 33.3. The molecule has 1 aromatic carbocycles. The average molecular weight is 825 g/mol. The fourth-order valence-electron chi connectivity index (χ4n) is 5.95. The number of esters is 3. The van der Waals surface area contributed by atoms with E-state index in [1.54, 1.807) is 32.0 Å². The van der Waals surface area contributed by atoms with Crippen LogP contribution in [0.1, 0.15) is 72.1 Å². The summed E-state index contributed by atoms with van der Waals surface area (Å²) in [5.41, 5.74) is 4.04. The third-order valence-electron chi connectivity index (χ3n) is 9.41. The fraction of sp³-hybridized carbons (Fsp3) is 0.568. The van der Waals surface area contributed by atoms with Crippen LogP contribution in [0.4, 0.5) is 19.0 Å². The highest BCUT2D eigenvalue weighted by Crippen LogP contribution is 2.47. The van der Waals surface area contributed by atoms with Crippen LogP contribution in [0.25, 0.3) is 5.52 Å². The van der Waals surface area contributed by atoms with E-state index in [1.165, 1.54) is 49.6 Å². The number of hydrogen-bond acceptors (Lipinski definition) is 14. The summed E-state index contributed by atoms with van der Waals surface area (Å²) in [5.74, 6) is -5.57. The number of benzene rings is 1. The van der Waals surface area contributed by atoms with Gasteiger partial charge in [-0.15, -0.1) is 0 Å². The summed E-state index contributed by atoms with van der Waals surface area (Å²) in [6.07, 6.45) is -6.35. The Morgan fingerprint density at radius 2 is 1.61 bits per heavy atom. The van der Waals surface area contributed by atoms with Crippen molar-refractivity contribution in [2.75, 3.05) is 26.1 Å². The normalized spacial score (nSPS) is 19.8. The Labute approximate surface area is 328 Å². The second-order valence-electron chi connectivity index (χ2n) is 14.3. The monoisotopic (exact) mass is 824 g/mol. The molecule has 0 aliphatic heterocycles. The number of ether oxygens (including phenoxy) is 4. The second kappa shape index (κ2) is 19.1. The Kier molecular flexibility index (Phi) is 15.1. The number of nitrogens with two attached hydrogens (primary N) is 1. The number of fused-ring (bicyclic) bond motifs is 1. The molecule has 2 aromatic heterocycles. The lowest BCUT2D eigenvalue weighted by Crippen LogP contribution is -2.54. The van der Waals surface area contributed by atoms with Gasteiger partial charge in [0.2, 0.25) is 5.60 Å². The molecule has 0 radical (unpaired) electrons. The molecule has 0 spiro atoms. The lowest BCUT2D eigenvalue weighted by atomic mass is 9.82. The molecule has 57 heavy (non-hydrogen) atoms. The van der Waals surface area contributed by atoms with Gasteiger partial charge < -0.3 is 29.2 Å². The Hall–Kier alpha value is -4.76. The molecular formula is C37H48F3N6O10P. The molecule has 1 saturated carbocycles. The molecule has 3 aromatic rings. The number of nitriles is 1. The van der Waals surface area contributed by atoms with E-state index in [0.717, 1.165) is 13.4 Å². The van der Waals surface area contributed by atoms with E-state index < -0.39 is 80.0 Å². The van der Waals surface area contributed by atoms with Crippen LogP contribution in [0.15, 0.2) is 48.8 Å². The summed E-state index contributed by atoms with van der Waals surface area (Å²) >= 11 is 0. The quantitative estimate of drug-likeness (QED) is 0.0839. The molecule has 1 unspecified atom stereocenters. The maximum Gasteiger partial charge on any atom is 0.459 e. The molecule has 1 aliphatic carbocycles. The number of halogens is 3. The molecule has 0 amide bonds. The number of aromatic nitrogens is 3. The predicted molar refractivity (Wildman–Crippen MR) is 197 cm³/mol. The first-order valence-corrected chi connectivity index (χ1v) is 19.8. The standard InChI is InChI=1S/C37H48F3N6O10P/c1-22(2)33(47)54-30(28-16-17-29-32(42)43-21-44-46(28)29)31(55-34(48)23(3)4)36(19-41,51-6)20-53-57(50,56-27-10-8-7-9-11-27)45-24(5)35(49)52-18-25-12-14-26(15-13-25)37(38,39)40/h7-11,16-17,21-26,30-31H,12-15,18,20H2,1-6H3,(H,45,50)(H2,42,43,44)/t24-,25-,26-,30-,31-,36+,57?/m0/s1. The SMILES string of the molecule is CO[C@](C#N)(COP(=O)(N[C@@H](C)C(=O)OC[C@H]1CC[C@H](C(F)(F)F)CC1)Oc1ccccc1)[C@@H](OC(=O)C(C)C)[C@@H](OC(=O)C(C)C)c1ccc2c(N)ncnn12. The zero-order valence-electron chi connectivity index (χ0n) is 32.4. The molecule has 0 saturated heterocycles. The highest BCUT2D eigenvalue weighted by Gasteiger charge is 2.53. The number of carbonyl (C=O) groups excluding carboxylic acids is 3. The van der Waals surface area contributed by atoms with Gasteiger partial charge in [-0.3, -0.25) is 18.9 Å². The van der Waals surface area contributed by atoms with Gasteiger partial charge in [-0.25, -0.2) is 14.1 Å². The van der Waals surface area contributed by atoms with E-state index in [-0.39, 0.29) is 55.5 Å². The van der Waals surface area contributed by atoms with Gasteiger partial charge in [-0.1, -0.05) is 45.9 Å². The van der Waals surface area contributed by atoms with Crippen molar-refractivity contribution < 1.29 is 60.1 Å². The first-order valence-electron chi connectivity index (χ1n) is 18.3. The van der Waals surface area contributed by atoms with Gasteiger partial charge in [0, 0.05) is 7.11 Å². The molecule has 1 fully saturated rings. The topological polar surface area (TPSA) is 216 Å². The van der Waals surface area contributed by atoms with E-state index in [0.29, 0.717) is 5.52 Å². The molecule has 312 valence electrons. The van der Waals surface area contributed by atoms with Crippen LogP contribution in [0.3, 0.4) is 0 Å². The minimum atomic E-state index is -4.73. The number of para-hydroxylation sites is 1. The Morgan fingerprint density at radius 3 is 2.19 bits per heavy atom. The van der Waals surface area contributed by atoms with Crippen LogP contribution in [-0.2, 0) is 42.4 Å². The molecular weight excluding hydrogens is 776 g/mol. The summed E-state index contributed by atoms with van der Waals surface area (Å²) in [4.78, 5) is 43.7. The molecule has 16 nitrogen and oxygen atoms in total. The van der Waals surface area contributed by atoms with Crippen LogP contribution < -0.4 is 15.3 Å². The van der Waals surface area contributed by atoms with Gasteiger partial charge in [0.05, 0.1) is 30.1 Å². The van der Waals surface area contributed by atoms with Crippen molar-refractivity contribution in [3.05, 3.63) is 54.5 Å². The van der Waals surface area contributed by atoms with Crippen molar-refractivity contribution in [3.8, 4) is 11.8 Å². The minimum absolute atomic E-state index is 0.0266. The van der Waals surface area contributed by atoms with Crippen molar-refractivity contribution in [2.24, 2.45) is 23.7 Å². The summed E-state index contributed by atoms with van der Waals surface area (Å²) in [7, 11) is -3.63. The first kappa shape index (κ1) is 44.9. The molecule has 1 aliphatic rings. The fourth-order valence-corrected chi connectivity index (χ4v) is 7.47. The van der Waals surface area contributed by atoms with Crippen molar-refractivity contribution >= 4 is 37.0 Å². The van der Waals surface area contributed by atoms with Crippen LogP contribution >= 0.6 is 7.75 Å². The number of nitrogen functional groups attached to an aromatic ring is 1. The van der Waals surface area contributed by atoms with Crippen LogP contribution in [0, 0.1) is 35.0 Å². The lowest BCUT2D eigenvalue weighted by molar-refractivity contribution is -0.197. The van der Waals surface area contributed by atoms with Gasteiger partial charge in [0.25, 0.3) is 0 Å². The van der Waals surface area contributed by atoms with E-state index >= 15 is 0 Å². The highest BCUT2D eigenvalue weighted by molar-refractivity contribution is 7.52. The van der Waals surface area contributed by atoms with Gasteiger partial charge in [-0.2, -0.15) is 28.6 Å². The van der Waals surface area contributed by atoms with E-state index in [2.05, 4.69) is 15.2 Å². The number of nitrogens with zero attached hydrogens (tertiary/aromatic N) is 4.